The molecule has 0 bridgehead atoms. The van der Waals surface area contributed by atoms with Crippen LogP contribution in [-0.2, 0) is 17.8 Å². The Morgan fingerprint density at radius 3 is 3.16 bits per heavy atom. The van der Waals surface area contributed by atoms with Crippen molar-refractivity contribution >= 4 is 5.91 Å². The van der Waals surface area contributed by atoms with E-state index in [4.69, 9.17) is 0 Å². The molecule has 1 aliphatic rings. The molecule has 3 rings (SSSR count). The normalized spacial score (nSPS) is 17.2. The number of rotatable bonds is 4. The van der Waals surface area contributed by atoms with E-state index in [2.05, 4.69) is 27.5 Å². The number of nitrogens with one attached hydrogen (secondary N) is 1. The minimum Gasteiger partial charge on any atom is -0.349 e. The highest BCUT2D eigenvalue weighted by atomic mass is 16.1. The predicted octanol–water partition coefficient (Wildman–Crippen LogP) is 1.47. The number of fused-ring (bicyclic) bond motifs is 1. The van der Waals surface area contributed by atoms with Gasteiger partial charge in [0.25, 0.3) is 0 Å². The molecule has 1 aromatic carbocycles. The highest BCUT2D eigenvalue weighted by molar-refractivity contribution is 5.76. The van der Waals surface area contributed by atoms with Crippen LogP contribution in [0.15, 0.2) is 36.9 Å². The highest BCUT2D eigenvalue weighted by Crippen LogP contribution is 2.30. The molecule has 0 spiro atoms. The molecule has 0 saturated carbocycles. The summed E-state index contributed by atoms with van der Waals surface area (Å²) in [6.07, 6.45) is 5.57. The second-order valence-corrected chi connectivity index (χ2v) is 4.77. The number of nitrogens with zero attached hydrogens (tertiary/aromatic N) is 3. The van der Waals surface area contributed by atoms with Gasteiger partial charge in [0.05, 0.1) is 12.6 Å². The van der Waals surface area contributed by atoms with Gasteiger partial charge in [-0.15, -0.1) is 0 Å². The van der Waals surface area contributed by atoms with Gasteiger partial charge in [-0.2, -0.15) is 5.10 Å². The van der Waals surface area contributed by atoms with Crippen molar-refractivity contribution in [2.24, 2.45) is 0 Å². The van der Waals surface area contributed by atoms with Gasteiger partial charge in [0.15, 0.2) is 0 Å². The molecule has 1 amide bonds. The summed E-state index contributed by atoms with van der Waals surface area (Å²) in [5.41, 5.74) is 2.61. The molecule has 0 radical (unpaired) electrons. The molecule has 1 aliphatic carbocycles. The largest absolute Gasteiger partial charge is 0.349 e. The number of carbonyl (C=O) groups excluding carboxylic acids is 1. The third kappa shape index (κ3) is 2.65. The maximum Gasteiger partial charge on any atom is 0.222 e. The number of hydrogen-bond acceptors (Lipinski definition) is 3. The Kier molecular flexibility index (Phi) is 3.27. The maximum atomic E-state index is 11.9. The first-order valence-corrected chi connectivity index (χ1v) is 6.52. The lowest BCUT2D eigenvalue weighted by atomic mass is 10.1. The van der Waals surface area contributed by atoms with Crippen LogP contribution in [0.3, 0.4) is 0 Å². The van der Waals surface area contributed by atoms with E-state index in [0.717, 1.165) is 12.8 Å². The fraction of sp³-hybridized carbons (Fsp3) is 0.357. The van der Waals surface area contributed by atoms with Gasteiger partial charge in [-0.1, -0.05) is 24.3 Å². The van der Waals surface area contributed by atoms with E-state index >= 15 is 0 Å². The predicted molar refractivity (Wildman–Crippen MR) is 70.3 cm³/mol. The van der Waals surface area contributed by atoms with Crippen molar-refractivity contribution in [3.63, 3.8) is 0 Å². The van der Waals surface area contributed by atoms with E-state index in [9.17, 15) is 4.79 Å². The quantitative estimate of drug-likeness (QED) is 0.901. The first-order chi connectivity index (χ1) is 9.33. The zero-order valence-electron chi connectivity index (χ0n) is 10.6. The van der Waals surface area contributed by atoms with E-state index in [1.54, 1.807) is 11.0 Å². The Balaban J connectivity index is 1.56. The Hall–Kier alpha value is -2.17. The van der Waals surface area contributed by atoms with Crippen LogP contribution in [0.2, 0.25) is 0 Å². The summed E-state index contributed by atoms with van der Waals surface area (Å²) < 4.78 is 1.67. The Morgan fingerprint density at radius 2 is 2.32 bits per heavy atom. The smallest absolute Gasteiger partial charge is 0.222 e. The monoisotopic (exact) mass is 256 g/mol. The van der Waals surface area contributed by atoms with Crippen LogP contribution in [0.1, 0.15) is 30.0 Å². The molecule has 0 fully saturated rings. The standard InChI is InChI=1S/C14H16N4O/c19-14(7-8-18-10-15-9-16-18)17-13-6-5-11-3-1-2-4-12(11)13/h1-4,9-10,13H,5-8H2,(H,17,19)/t13-/m1/s1. The number of aromatic nitrogens is 3. The average Bonchev–Trinajstić information content (AvgIpc) is 3.07. The first kappa shape index (κ1) is 11.9. The van der Waals surface area contributed by atoms with Crippen molar-refractivity contribution in [3.05, 3.63) is 48.0 Å². The number of amides is 1. The van der Waals surface area contributed by atoms with Gasteiger partial charge in [-0.3, -0.25) is 9.48 Å². The lowest BCUT2D eigenvalue weighted by molar-refractivity contribution is -0.122. The van der Waals surface area contributed by atoms with Gasteiger partial charge in [0.1, 0.15) is 12.7 Å². The van der Waals surface area contributed by atoms with Gasteiger partial charge in [-0.25, -0.2) is 4.98 Å². The number of aryl methyl sites for hydroxylation is 2. The molecule has 5 nitrogen and oxygen atoms in total. The minimum absolute atomic E-state index is 0.0669. The van der Waals surface area contributed by atoms with E-state index in [1.165, 1.54) is 17.5 Å². The molecule has 19 heavy (non-hydrogen) atoms. The second kappa shape index (κ2) is 5.22. The fourth-order valence-electron chi connectivity index (χ4n) is 2.54. The fourth-order valence-corrected chi connectivity index (χ4v) is 2.54. The van der Waals surface area contributed by atoms with E-state index in [0.29, 0.717) is 13.0 Å². The minimum atomic E-state index is 0.0669. The van der Waals surface area contributed by atoms with Crippen LogP contribution >= 0.6 is 0 Å². The third-order valence-corrected chi connectivity index (χ3v) is 3.50. The summed E-state index contributed by atoms with van der Waals surface area (Å²) in [5.74, 6) is 0.0669. The van der Waals surface area contributed by atoms with Crippen LogP contribution < -0.4 is 5.32 Å². The van der Waals surface area contributed by atoms with Crippen LogP contribution in [-0.4, -0.2) is 20.7 Å². The lowest BCUT2D eigenvalue weighted by Gasteiger charge is -2.14. The van der Waals surface area contributed by atoms with Crippen LogP contribution in [0.5, 0.6) is 0 Å². The molecule has 98 valence electrons. The second-order valence-electron chi connectivity index (χ2n) is 4.77. The highest BCUT2D eigenvalue weighted by Gasteiger charge is 2.22. The number of benzene rings is 1. The average molecular weight is 256 g/mol. The summed E-state index contributed by atoms with van der Waals surface area (Å²) in [6.45, 7) is 0.570. The van der Waals surface area contributed by atoms with Gasteiger partial charge in [0.2, 0.25) is 5.91 Å². The summed E-state index contributed by atoms with van der Waals surface area (Å²) in [4.78, 5) is 15.8. The molecule has 0 aliphatic heterocycles. The van der Waals surface area contributed by atoms with E-state index in [-0.39, 0.29) is 11.9 Å². The maximum absolute atomic E-state index is 11.9. The first-order valence-electron chi connectivity index (χ1n) is 6.52. The van der Waals surface area contributed by atoms with Gasteiger partial charge in [0, 0.05) is 6.42 Å². The summed E-state index contributed by atoms with van der Waals surface area (Å²) in [7, 11) is 0. The van der Waals surface area contributed by atoms with Gasteiger partial charge in [-0.05, 0) is 24.0 Å². The third-order valence-electron chi connectivity index (χ3n) is 3.50. The lowest BCUT2D eigenvalue weighted by Crippen LogP contribution is -2.27. The number of carbonyl (C=O) groups is 1. The van der Waals surface area contributed by atoms with Crippen molar-refractivity contribution in [2.75, 3.05) is 0 Å². The van der Waals surface area contributed by atoms with Crippen LogP contribution in [0.25, 0.3) is 0 Å². The van der Waals surface area contributed by atoms with Crippen LogP contribution in [0, 0.1) is 0 Å². The number of hydrogen-bond donors (Lipinski definition) is 1. The van der Waals surface area contributed by atoms with Gasteiger partial charge < -0.3 is 5.32 Å². The zero-order valence-corrected chi connectivity index (χ0v) is 10.6. The van der Waals surface area contributed by atoms with E-state index < -0.39 is 0 Å². The molecule has 5 heteroatoms. The summed E-state index contributed by atoms with van der Waals surface area (Å²) >= 11 is 0. The molecule has 2 aromatic rings. The van der Waals surface area contributed by atoms with Crippen molar-refractivity contribution in [2.45, 2.75) is 31.8 Å². The molecular weight excluding hydrogens is 240 g/mol. The van der Waals surface area contributed by atoms with Crippen LogP contribution in [0.4, 0.5) is 0 Å². The zero-order chi connectivity index (χ0) is 13.1. The van der Waals surface area contributed by atoms with Crippen molar-refractivity contribution in [3.8, 4) is 0 Å². The molecule has 1 N–H and O–H groups in total. The summed E-state index contributed by atoms with van der Waals surface area (Å²) in [5, 5.41) is 7.08. The van der Waals surface area contributed by atoms with E-state index in [1.807, 2.05) is 12.1 Å². The molecule has 0 unspecified atom stereocenters. The molecule has 1 atom stereocenters. The van der Waals surface area contributed by atoms with Gasteiger partial charge >= 0.3 is 0 Å². The molecular formula is C14H16N4O. The summed E-state index contributed by atoms with van der Waals surface area (Å²) in [6, 6.07) is 8.48. The van der Waals surface area contributed by atoms with Crippen molar-refractivity contribution in [1.29, 1.82) is 0 Å². The Labute approximate surface area is 111 Å². The van der Waals surface area contributed by atoms with Crippen molar-refractivity contribution in [1.82, 2.24) is 20.1 Å². The Morgan fingerprint density at radius 1 is 1.42 bits per heavy atom. The molecule has 1 aromatic heterocycles. The van der Waals surface area contributed by atoms with Crippen molar-refractivity contribution < 1.29 is 4.79 Å². The topological polar surface area (TPSA) is 59.8 Å². The molecule has 1 heterocycles. The molecule has 0 saturated heterocycles. The SMILES string of the molecule is O=C(CCn1cncn1)N[C@@H]1CCc2ccccc21. The Bertz CT molecular complexity index is 565.